The maximum Gasteiger partial charge on any atom is 0.245 e. The van der Waals surface area contributed by atoms with E-state index in [0.717, 1.165) is 17.3 Å². The van der Waals surface area contributed by atoms with Gasteiger partial charge in [0, 0.05) is 32.0 Å². The Kier molecular flexibility index (Phi) is 5.33. The average Bonchev–Trinajstić information content (AvgIpc) is 3.21. The molecule has 0 aliphatic carbocycles. The first kappa shape index (κ1) is 18.9. The summed E-state index contributed by atoms with van der Waals surface area (Å²) < 4.78 is 36.0. The van der Waals surface area contributed by atoms with E-state index < -0.39 is 10.0 Å². The highest BCUT2D eigenvalue weighted by Gasteiger charge is 2.34. The number of rotatable bonds is 5. The largest absolute Gasteiger partial charge is 0.352 e. The minimum atomic E-state index is -3.74. The van der Waals surface area contributed by atoms with E-state index >= 15 is 0 Å². The van der Waals surface area contributed by atoms with Gasteiger partial charge in [-0.1, -0.05) is 6.07 Å². The first-order valence-corrected chi connectivity index (χ1v) is 11.1. The highest BCUT2D eigenvalue weighted by atomic mass is 32.2. The fourth-order valence-electron chi connectivity index (χ4n) is 3.34. The first-order chi connectivity index (χ1) is 13.6. The lowest BCUT2D eigenvalue weighted by Crippen LogP contribution is -2.45. The molecule has 10 heteroatoms. The third-order valence-electron chi connectivity index (χ3n) is 4.84. The van der Waals surface area contributed by atoms with Gasteiger partial charge in [0.15, 0.2) is 0 Å². The van der Waals surface area contributed by atoms with E-state index in [1.54, 1.807) is 30.6 Å². The molecule has 0 spiro atoms. The van der Waals surface area contributed by atoms with Crippen molar-refractivity contribution < 1.29 is 13.2 Å². The number of pyridine rings is 1. The van der Waals surface area contributed by atoms with Crippen LogP contribution in [-0.2, 0) is 21.4 Å². The summed E-state index contributed by atoms with van der Waals surface area (Å²) in [5.74, 6) is -0.511. The number of aromatic nitrogens is 3. The number of hydrogen-bond donors (Lipinski definition) is 1. The Morgan fingerprint density at radius 2 is 2.04 bits per heavy atom. The van der Waals surface area contributed by atoms with E-state index in [9.17, 15) is 13.2 Å². The topological polar surface area (TPSA) is 105 Å². The Bertz CT molecular complexity index is 1080. The van der Waals surface area contributed by atoms with Gasteiger partial charge in [0.1, 0.15) is 15.9 Å². The van der Waals surface area contributed by atoms with Crippen molar-refractivity contribution in [3.05, 3.63) is 48.3 Å². The maximum absolute atomic E-state index is 13.2. The summed E-state index contributed by atoms with van der Waals surface area (Å²) in [5.41, 5.74) is 1.90. The molecule has 146 valence electrons. The quantitative estimate of drug-likeness (QED) is 0.679. The fourth-order valence-corrected chi connectivity index (χ4v) is 5.61. The van der Waals surface area contributed by atoms with Gasteiger partial charge in [0.25, 0.3) is 0 Å². The number of carbonyl (C=O) groups is 1. The minimum Gasteiger partial charge on any atom is -0.352 e. The van der Waals surface area contributed by atoms with E-state index in [-0.39, 0.29) is 23.3 Å². The van der Waals surface area contributed by atoms with Crippen LogP contribution in [0, 0.1) is 5.92 Å². The fraction of sp³-hybridized carbons (Fsp3) is 0.333. The summed E-state index contributed by atoms with van der Waals surface area (Å²) in [7, 11) is -3.74. The second-order valence-electron chi connectivity index (χ2n) is 6.66. The van der Waals surface area contributed by atoms with Crippen molar-refractivity contribution in [2.45, 2.75) is 24.3 Å². The molecular formula is C18H19N5O3S2. The zero-order chi connectivity index (χ0) is 19.6. The van der Waals surface area contributed by atoms with E-state index in [1.165, 1.54) is 4.31 Å². The molecule has 4 rings (SSSR count). The lowest BCUT2D eigenvalue weighted by atomic mass is 9.99. The van der Waals surface area contributed by atoms with Crippen molar-refractivity contribution in [1.29, 1.82) is 0 Å². The molecular weight excluding hydrogens is 398 g/mol. The predicted molar refractivity (Wildman–Crippen MR) is 105 cm³/mol. The summed E-state index contributed by atoms with van der Waals surface area (Å²) in [6.45, 7) is 0.956. The zero-order valence-electron chi connectivity index (χ0n) is 15.0. The Morgan fingerprint density at radius 1 is 1.21 bits per heavy atom. The summed E-state index contributed by atoms with van der Waals surface area (Å²) in [5, 5.41) is 2.90. The lowest BCUT2D eigenvalue weighted by Gasteiger charge is -2.31. The monoisotopic (exact) mass is 417 g/mol. The summed E-state index contributed by atoms with van der Waals surface area (Å²) >= 11 is 0.988. The molecule has 0 bridgehead atoms. The number of carbonyl (C=O) groups excluding carboxylic acids is 1. The molecule has 1 aliphatic rings. The Hall–Kier alpha value is -2.43. The molecule has 8 nitrogen and oxygen atoms in total. The zero-order valence-corrected chi connectivity index (χ0v) is 16.6. The normalized spacial score (nSPS) is 18.2. The third kappa shape index (κ3) is 3.75. The van der Waals surface area contributed by atoms with E-state index in [1.807, 2.05) is 12.1 Å². The minimum absolute atomic E-state index is 0.134. The Labute approximate surface area is 167 Å². The van der Waals surface area contributed by atoms with Crippen LogP contribution in [0.1, 0.15) is 18.4 Å². The van der Waals surface area contributed by atoms with Crippen LogP contribution in [0.15, 0.2) is 47.6 Å². The number of hydrogen-bond acceptors (Lipinski definition) is 7. The number of amides is 1. The molecule has 0 saturated carbocycles. The lowest BCUT2D eigenvalue weighted by molar-refractivity contribution is -0.126. The molecule has 28 heavy (non-hydrogen) atoms. The molecule has 1 amide bonds. The van der Waals surface area contributed by atoms with Crippen LogP contribution in [0.25, 0.3) is 11.0 Å². The van der Waals surface area contributed by atoms with Gasteiger partial charge < -0.3 is 5.32 Å². The highest BCUT2D eigenvalue weighted by Crippen LogP contribution is 2.28. The first-order valence-electron chi connectivity index (χ1n) is 8.94. The number of fused-ring (bicyclic) bond motifs is 1. The van der Waals surface area contributed by atoms with Crippen LogP contribution in [0.5, 0.6) is 0 Å². The van der Waals surface area contributed by atoms with Crippen LogP contribution in [0.3, 0.4) is 0 Å². The standard InChI is InChI=1S/C18H19N5O3S2/c24-18(20-11-13-6-8-19-9-7-13)14-3-2-10-23(12-14)28(25,26)16-5-1-4-15-17(16)22-27-21-15/h1,4-9,14H,2-3,10-12H2,(H,20,24)/t14-/m0/s1. The van der Waals surface area contributed by atoms with Gasteiger partial charge in [-0.15, -0.1) is 0 Å². The van der Waals surface area contributed by atoms with Gasteiger partial charge in [-0.3, -0.25) is 9.78 Å². The third-order valence-corrected chi connectivity index (χ3v) is 7.28. The predicted octanol–water partition coefficient (Wildman–Crippen LogP) is 1.80. The van der Waals surface area contributed by atoms with Gasteiger partial charge >= 0.3 is 0 Å². The molecule has 1 aromatic carbocycles. The molecule has 1 atom stereocenters. The number of benzene rings is 1. The molecule has 1 fully saturated rings. The SMILES string of the molecule is O=C(NCc1ccncc1)[C@H]1CCCN(S(=O)(=O)c2cccc3nsnc23)C1. The number of sulfonamides is 1. The molecule has 0 unspecified atom stereocenters. The van der Waals surface area contributed by atoms with Gasteiger partial charge in [0.05, 0.1) is 17.6 Å². The second-order valence-corrected chi connectivity index (χ2v) is 9.10. The molecule has 3 aromatic rings. The van der Waals surface area contributed by atoms with Crippen molar-refractivity contribution in [3.8, 4) is 0 Å². The summed E-state index contributed by atoms with van der Waals surface area (Å²) in [6, 6.07) is 8.62. The Balaban J connectivity index is 1.48. The molecule has 1 saturated heterocycles. The van der Waals surface area contributed by atoms with Crippen LogP contribution in [0.2, 0.25) is 0 Å². The van der Waals surface area contributed by atoms with Crippen LogP contribution < -0.4 is 5.32 Å². The van der Waals surface area contributed by atoms with Gasteiger partial charge in [-0.05, 0) is 42.7 Å². The number of piperidine rings is 1. The van der Waals surface area contributed by atoms with Crippen LogP contribution in [-0.4, -0.2) is 45.5 Å². The maximum atomic E-state index is 13.2. The van der Waals surface area contributed by atoms with E-state index in [0.29, 0.717) is 37.0 Å². The molecule has 2 aromatic heterocycles. The highest BCUT2D eigenvalue weighted by molar-refractivity contribution is 7.89. The van der Waals surface area contributed by atoms with Crippen LogP contribution in [0.4, 0.5) is 0 Å². The average molecular weight is 418 g/mol. The molecule has 1 N–H and O–H groups in total. The van der Waals surface area contributed by atoms with Crippen molar-refractivity contribution in [2.75, 3.05) is 13.1 Å². The van der Waals surface area contributed by atoms with Crippen molar-refractivity contribution in [2.24, 2.45) is 5.92 Å². The van der Waals surface area contributed by atoms with E-state index in [2.05, 4.69) is 19.0 Å². The van der Waals surface area contributed by atoms with Crippen molar-refractivity contribution >= 4 is 38.7 Å². The summed E-state index contributed by atoms with van der Waals surface area (Å²) in [4.78, 5) is 16.7. The van der Waals surface area contributed by atoms with Crippen LogP contribution >= 0.6 is 11.7 Å². The van der Waals surface area contributed by atoms with Gasteiger partial charge in [-0.25, -0.2) is 8.42 Å². The Morgan fingerprint density at radius 3 is 2.86 bits per heavy atom. The number of nitrogens with zero attached hydrogens (tertiary/aromatic N) is 4. The van der Waals surface area contributed by atoms with Crippen molar-refractivity contribution in [3.63, 3.8) is 0 Å². The van der Waals surface area contributed by atoms with Crippen molar-refractivity contribution in [1.82, 2.24) is 23.4 Å². The molecule has 3 heterocycles. The molecule has 1 aliphatic heterocycles. The summed E-state index contributed by atoms with van der Waals surface area (Å²) in [6.07, 6.45) is 4.64. The second kappa shape index (κ2) is 7.90. The molecule has 0 radical (unpaired) electrons. The van der Waals surface area contributed by atoms with E-state index in [4.69, 9.17) is 0 Å². The number of nitrogens with one attached hydrogen (secondary N) is 1. The smallest absolute Gasteiger partial charge is 0.245 e. The van der Waals surface area contributed by atoms with Gasteiger partial charge in [-0.2, -0.15) is 13.1 Å². The van der Waals surface area contributed by atoms with Gasteiger partial charge in [0.2, 0.25) is 15.9 Å².